The number of nitrogens with one attached hydrogen (secondary N) is 1. The summed E-state index contributed by atoms with van der Waals surface area (Å²) in [5.41, 5.74) is 3.58. The van der Waals surface area contributed by atoms with Gasteiger partial charge in [-0.05, 0) is 59.8 Å². The monoisotopic (exact) mass is 335 g/mol. The highest BCUT2D eigenvalue weighted by molar-refractivity contribution is 5.75. The summed E-state index contributed by atoms with van der Waals surface area (Å²) in [7, 11) is 4.28. The first kappa shape index (κ1) is 18.9. The van der Waals surface area contributed by atoms with Gasteiger partial charge in [0.05, 0.1) is 5.69 Å². The SMILES string of the molecule is Cc1nn(CCCNC(=O)CCN(C)[C@@H]2CCN(C)C2)c(C)c1C. The van der Waals surface area contributed by atoms with E-state index in [1.807, 2.05) is 11.6 Å². The van der Waals surface area contributed by atoms with Crippen molar-refractivity contribution in [3.8, 4) is 0 Å². The van der Waals surface area contributed by atoms with E-state index in [2.05, 4.69) is 48.2 Å². The summed E-state index contributed by atoms with van der Waals surface area (Å²) >= 11 is 0. The summed E-state index contributed by atoms with van der Waals surface area (Å²) in [6.45, 7) is 10.9. The number of aryl methyl sites for hydroxylation is 2. The summed E-state index contributed by atoms with van der Waals surface area (Å²) < 4.78 is 2.04. The number of amides is 1. The fourth-order valence-electron chi connectivity index (χ4n) is 3.28. The zero-order valence-corrected chi connectivity index (χ0v) is 15.9. The van der Waals surface area contributed by atoms with Crippen molar-refractivity contribution < 1.29 is 4.79 Å². The van der Waals surface area contributed by atoms with Crippen molar-refractivity contribution in [1.82, 2.24) is 24.9 Å². The molecule has 1 saturated heterocycles. The number of carbonyl (C=O) groups excluding carboxylic acids is 1. The van der Waals surface area contributed by atoms with Crippen molar-refractivity contribution >= 4 is 5.91 Å². The Bertz CT molecular complexity index is 554. The third kappa shape index (κ3) is 5.05. The van der Waals surface area contributed by atoms with Crippen LogP contribution in [-0.4, -0.2) is 71.8 Å². The molecule has 6 nitrogen and oxygen atoms in total. The Balaban J connectivity index is 1.60. The maximum Gasteiger partial charge on any atom is 0.221 e. The lowest BCUT2D eigenvalue weighted by Gasteiger charge is -2.23. The van der Waals surface area contributed by atoms with Crippen LogP contribution in [0.3, 0.4) is 0 Å². The van der Waals surface area contributed by atoms with E-state index in [0.717, 1.165) is 38.3 Å². The molecular formula is C18H33N5O. The van der Waals surface area contributed by atoms with E-state index in [1.165, 1.54) is 17.7 Å². The second-order valence-corrected chi connectivity index (χ2v) is 7.16. The van der Waals surface area contributed by atoms with Gasteiger partial charge in [-0.3, -0.25) is 9.48 Å². The molecular weight excluding hydrogens is 302 g/mol. The first-order chi connectivity index (χ1) is 11.4. The number of hydrogen-bond acceptors (Lipinski definition) is 4. The zero-order valence-electron chi connectivity index (χ0n) is 15.9. The normalized spacial score (nSPS) is 18.5. The van der Waals surface area contributed by atoms with E-state index in [0.29, 0.717) is 19.0 Å². The predicted octanol–water partition coefficient (Wildman–Crippen LogP) is 1.34. The molecule has 1 N–H and O–H groups in total. The van der Waals surface area contributed by atoms with Crippen LogP contribution in [0.1, 0.15) is 36.2 Å². The Morgan fingerprint density at radius 3 is 2.71 bits per heavy atom. The first-order valence-electron chi connectivity index (χ1n) is 9.04. The minimum atomic E-state index is 0.151. The van der Waals surface area contributed by atoms with Crippen molar-refractivity contribution in [2.75, 3.05) is 40.3 Å². The fourth-order valence-corrected chi connectivity index (χ4v) is 3.28. The molecule has 2 heterocycles. The molecule has 0 aliphatic carbocycles. The lowest BCUT2D eigenvalue weighted by atomic mass is 10.2. The highest BCUT2D eigenvalue weighted by Crippen LogP contribution is 2.12. The summed E-state index contributed by atoms with van der Waals surface area (Å²) in [6, 6.07) is 0.595. The van der Waals surface area contributed by atoms with Crippen LogP contribution < -0.4 is 5.32 Å². The van der Waals surface area contributed by atoms with Crippen molar-refractivity contribution in [2.45, 2.75) is 52.6 Å². The van der Waals surface area contributed by atoms with Crippen molar-refractivity contribution in [2.24, 2.45) is 0 Å². The average Bonchev–Trinajstić information content (AvgIpc) is 3.09. The Hall–Kier alpha value is -1.40. The third-order valence-corrected chi connectivity index (χ3v) is 5.29. The van der Waals surface area contributed by atoms with Crippen LogP contribution in [0, 0.1) is 20.8 Å². The Kier molecular flexibility index (Phi) is 6.80. The molecule has 0 saturated carbocycles. The zero-order chi connectivity index (χ0) is 17.7. The summed E-state index contributed by atoms with van der Waals surface area (Å²) in [6.07, 6.45) is 2.70. The minimum absolute atomic E-state index is 0.151. The van der Waals surface area contributed by atoms with Crippen molar-refractivity contribution in [1.29, 1.82) is 0 Å². The van der Waals surface area contributed by atoms with Gasteiger partial charge in [0.1, 0.15) is 0 Å². The van der Waals surface area contributed by atoms with Crippen LogP contribution in [-0.2, 0) is 11.3 Å². The molecule has 1 aliphatic heterocycles. The van der Waals surface area contributed by atoms with Crippen LogP contribution in [0.25, 0.3) is 0 Å². The van der Waals surface area contributed by atoms with Gasteiger partial charge in [-0.1, -0.05) is 0 Å². The van der Waals surface area contributed by atoms with Crippen LogP contribution in [0.5, 0.6) is 0 Å². The number of likely N-dealkylation sites (tertiary alicyclic amines) is 1. The molecule has 1 aromatic heterocycles. The molecule has 136 valence electrons. The van der Waals surface area contributed by atoms with E-state index in [9.17, 15) is 4.79 Å². The van der Waals surface area contributed by atoms with Crippen molar-refractivity contribution in [3.05, 3.63) is 17.0 Å². The second kappa shape index (κ2) is 8.62. The topological polar surface area (TPSA) is 53.4 Å². The number of likely N-dealkylation sites (N-methyl/N-ethyl adjacent to an activating group) is 2. The number of aromatic nitrogens is 2. The highest BCUT2D eigenvalue weighted by Gasteiger charge is 2.23. The average molecular weight is 335 g/mol. The van der Waals surface area contributed by atoms with Gasteiger partial charge in [-0.25, -0.2) is 0 Å². The smallest absolute Gasteiger partial charge is 0.221 e. The summed E-state index contributed by atoms with van der Waals surface area (Å²) in [5, 5.41) is 7.56. The first-order valence-corrected chi connectivity index (χ1v) is 9.04. The molecule has 2 rings (SSSR count). The van der Waals surface area contributed by atoms with E-state index in [4.69, 9.17) is 0 Å². The summed E-state index contributed by atoms with van der Waals surface area (Å²) in [4.78, 5) is 16.7. The van der Waals surface area contributed by atoms with E-state index in [1.54, 1.807) is 0 Å². The molecule has 0 bridgehead atoms. The standard InChI is InChI=1S/C18H33N5O/c1-14-15(2)20-23(16(14)3)10-6-9-19-18(24)8-12-22(5)17-7-11-21(4)13-17/h17H,6-13H2,1-5H3,(H,19,24)/t17-/m1/s1. The number of carbonyl (C=O) groups is 1. The molecule has 6 heteroatoms. The fraction of sp³-hybridized carbons (Fsp3) is 0.778. The predicted molar refractivity (Wildman–Crippen MR) is 97.2 cm³/mol. The van der Waals surface area contributed by atoms with Gasteiger partial charge < -0.3 is 15.1 Å². The molecule has 0 spiro atoms. The number of rotatable bonds is 8. The van der Waals surface area contributed by atoms with Crippen LogP contribution in [0.2, 0.25) is 0 Å². The largest absolute Gasteiger partial charge is 0.356 e. The lowest BCUT2D eigenvalue weighted by Crippen LogP contribution is -2.37. The van der Waals surface area contributed by atoms with Gasteiger partial charge >= 0.3 is 0 Å². The summed E-state index contributed by atoms with van der Waals surface area (Å²) in [5.74, 6) is 0.151. The molecule has 0 radical (unpaired) electrons. The quantitative estimate of drug-likeness (QED) is 0.729. The maximum atomic E-state index is 12.0. The lowest BCUT2D eigenvalue weighted by molar-refractivity contribution is -0.121. The second-order valence-electron chi connectivity index (χ2n) is 7.16. The highest BCUT2D eigenvalue weighted by atomic mass is 16.1. The maximum absolute atomic E-state index is 12.0. The molecule has 1 atom stereocenters. The van der Waals surface area contributed by atoms with Gasteiger partial charge in [0.15, 0.2) is 0 Å². The van der Waals surface area contributed by atoms with Gasteiger partial charge in [0.25, 0.3) is 0 Å². The molecule has 24 heavy (non-hydrogen) atoms. The number of hydrogen-bond donors (Lipinski definition) is 1. The van der Waals surface area contributed by atoms with Crippen molar-refractivity contribution in [3.63, 3.8) is 0 Å². The Morgan fingerprint density at radius 2 is 2.12 bits per heavy atom. The molecule has 1 amide bonds. The van der Waals surface area contributed by atoms with Crippen LogP contribution >= 0.6 is 0 Å². The van der Waals surface area contributed by atoms with Crippen LogP contribution in [0.15, 0.2) is 0 Å². The molecule has 0 unspecified atom stereocenters. The van der Waals surface area contributed by atoms with Gasteiger partial charge in [-0.2, -0.15) is 5.10 Å². The third-order valence-electron chi connectivity index (χ3n) is 5.29. The van der Waals surface area contributed by atoms with Gasteiger partial charge in [0.2, 0.25) is 5.91 Å². The van der Waals surface area contributed by atoms with Gasteiger partial charge in [0, 0.05) is 44.3 Å². The molecule has 0 aromatic carbocycles. The van der Waals surface area contributed by atoms with E-state index < -0.39 is 0 Å². The van der Waals surface area contributed by atoms with Gasteiger partial charge in [-0.15, -0.1) is 0 Å². The minimum Gasteiger partial charge on any atom is -0.356 e. The molecule has 1 aliphatic rings. The number of nitrogens with zero attached hydrogens (tertiary/aromatic N) is 4. The van der Waals surface area contributed by atoms with Crippen LogP contribution in [0.4, 0.5) is 0 Å². The Labute approximate surface area is 146 Å². The Morgan fingerprint density at radius 1 is 1.38 bits per heavy atom. The van der Waals surface area contributed by atoms with E-state index in [-0.39, 0.29) is 5.91 Å². The molecule has 1 aromatic rings. The molecule has 1 fully saturated rings. The van der Waals surface area contributed by atoms with E-state index >= 15 is 0 Å².